The van der Waals surface area contributed by atoms with Crippen LogP contribution in [-0.2, 0) is 6.54 Å². The lowest BCUT2D eigenvalue weighted by Gasteiger charge is -2.00. The van der Waals surface area contributed by atoms with Crippen LogP contribution in [0.1, 0.15) is 17.7 Å². The van der Waals surface area contributed by atoms with Crippen LogP contribution in [0.15, 0.2) is 52.8 Å². The minimum atomic E-state index is -0.478. The number of nitrogens with one attached hydrogen (secondary N) is 1. The van der Waals surface area contributed by atoms with Crippen LogP contribution in [0.25, 0.3) is 5.69 Å². The van der Waals surface area contributed by atoms with Gasteiger partial charge in [0.05, 0.1) is 22.5 Å². The normalized spacial score (nSPS) is 11.3. The predicted molar refractivity (Wildman–Crippen MR) is 97.1 cm³/mol. The summed E-state index contributed by atoms with van der Waals surface area (Å²) in [6.45, 7) is 3.20. The van der Waals surface area contributed by atoms with Gasteiger partial charge >= 0.3 is 0 Å². The number of nitrogens with zero attached hydrogens (tertiary/aromatic N) is 5. The molecule has 0 atom stereocenters. The van der Waals surface area contributed by atoms with Crippen LogP contribution in [0.5, 0.6) is 0 Å². The summed E-state index contributed by atoms with van der Waals surface area (Å²) in [7, 11) is 0. The highest BCUT2D eigenvalue weighted by molar-refractivity contribution is 5.80. The molecule has 9 heteroatoms. The number of aliphatic imine (C=N–C) groups is 1. The molecule has 2 aromatic heterocycles. The highest BCUT2D eigenvalue weighted by Crippen LogP contribution is 2.14. The largest absolute Gasteiger partial charge is 0.337 e. The Bertz CT molecular complexity index is 967. The van der Waals surface area contributed by atoms with E-state index in [2.05, 4.69) is 15.1 Å². The van der Waals surface area contributed by atoms with Gasteiger partial charge in [0.1, 0.15) is 0 Å². The number of non-ortho nitro benzene ring substituents is 1. The highest BCUT2D eigenvalue weighted by Gasteiger charge is 2.12. The van der Waals surface area contributed by atoms with E-state index in [1.54, 1.807) is 25.7 Å². The maximum atomic E-state index is 12.6. The van der Waals surface area contributed by atoms with Gasteiger partial charge in [-0.25, -0.2) is 9.67 Å². The average Bonchev–Trinajstić information content (AvgIpc) is 3.24. The van der Waals surface area contributed by atoms with Crippen LogP contribution < -0.4 is 5.56 Å². The van der Waals surface area contributed by atoms with E-state index in [0.29, 0.717) is 23.5 Å². The third kappa shape index (κ3) is 3.77. The Hall–Kier alpha value is -3.49. The lowest BCUT2D eigenvalue weighted by molar-refractivity contribution is -0.384. The zero-order valence-corrected chi connectivity index (χ0v) is 14.2. The topological polar surface area (TPSA) is 111 Å². The molecular weight excluding hydrogens is 336 g/mol. The highest BCUT2D eigenvalue weighted by atomic mass is 16.6. The van der Waals surface area contributed by atoms with Gasteiger partial charge in [-0.15, -0.1) is 0 Å². The second kappa shape index (κ2) is 7.60. The molecule has 0 aliphatic heterocycles. The van der Waals surface area contributed by atoms with Crippen molar-refractivity contribution in [2.24, 2.45) is 4.99 Å². The van der Waals surface area contributed by atoms with E-state index in [1.807, 2.05) is 10.8 Å². The summed E-state index contributed by atoms with van der Waals surface area (Å²) in [5.41, 5.74) is 1.43. The van der Waals surface area contributed by atoms with Crippen LogP contribution in [0, 0.1) is 17.0 Å². The molecule has 0 aliphatic rings. The maximum absolute atomic E-state index is 12.6. The molecule has 3 rings (SSSR count). The fourth-order valence-electron chi connectivity index (χ4n) is 2.54. The van der Waals surface area contributed by atoms with Crippen molar-refractivity contribution in [3.05, 3.63) is 74.7 Å². The fraction of sp³-hybridized carbons (Fsp3) is 0.235. The molecule has 134 valence electrons. The van der Waals surface area contributed by atoms with E-state index in [-0.39, 0.29) is 11.2 Å². The molecular formula is C17H18N6O3. The van der Waals surface area contributed by atoms with Crippen molar-refractivity contribution < 1.29 is 4.92 Å². The molecule has 0 aliphatic carbocycles. The van der Waals surface area contributed by atoms with Crippen molar-refractivity contribution in [1.82, 2.24) is 19.3 Å². The van der Waals surface area contributed by atoms with Crippen molar-refractivity contribution >= 4 is 11.9 Å². The van der Waals surface area contributed by atoms with E-state index in [1.165, 1.54) is 28.9 Å². The summed E-state index contributed by atoms with van der Waals surface area (Å²) < 4.78 is 3.32. The van der Waals surface area contributed by atoms with Gasteiger partial charge in [0.25, 0.3) is 11.2 Å². The second-order valence-corrected chi connectivity index (χ2v) is 5.75. The molecule has 0 fully saturated rings. The quantitative estimate of drug-likeness (QED) is 0.303. The van der Waals surface area contributed by atoms with Crippen molar-refractivity contribution in [1.29, 1.82) is 0 Å². The number of imidazole rings is 1. The Morgan fingerprint density at radius 1 is 1.35 bits per heavy atom. The number of aromatic amines is 1. The second-order valence-electron chi connectivity index (χ2n) is 5.75. The zero-order valence-electron chi connectivity index (χ0n) is 14.2. The Morgan fingerprint density at radius 2 is 2.12 bits per heavy atom. The number of hydrogen-bond acceptors (Lipinski definition) is 5. The molecule has 0 saturated heterocycles. The Morgan fingerprint density at radius 3 is 2.77 bits per heavy atom. The molecule has 0 bridgehead atoms. The van der Waals surface area contributed by atoms with Gasteiger partial charge in [0.15, 0.2) is 0 Å². The standard InChI is InChI=1S/C17H18N6O3/c1-13-16(11-18-7-2-9-21-10-8-19-12-21)17(24)22(20-13)14-3-5-15(6-4-14)23(25)26/h3-6,8,10-12,20H,2,7,9H2,1H3. The van der Waals surface area contributed by atoms with Gasteiger partial charge in [0.2, 0.25) is 0 Å². The smallest absolute Gasteiger partial charge is 0.280 e. The van der Waals surface area contributed by atoms with Gasteiger partial charge in [0, 0.05) is 49.5 Å². The van der Waals surface area contributed by atoms with E-state index in [0.717, 1.165) is 13.0 Å². The molecule has 0 unspecified atom stereocenters. The molecule has 1 N–H and O–H groups in total. The first-order valence-electron chi connectivity index (χ1n) is 8.08. The summed E-state index contributed by atoms with van der Waals surface area (Å²) >= 11 is 0. The number of benzene rings is 1. The number of H-pyrrole nitrogens is 1. The van der Waals surface area contributed by atoms with Gasteiger partial charge in [-0.3, -0.25) is 25.0 Å². The third-order valence-corrected chi connectivity index (χ3v) is 3.92. The van der Waals surface area contributed by atoms with E-state index >= 15 is 0 Å². The molecule has 2 heterocycles. The molecule has 0 radical (unpaired) electrons. The SMILES string of the molecule is Cc1[nH]n(-c2ccc([N+](=O)[O-])cc2)c(=O)c1C=NCCCn1ccnc1. The first-order chi connectivity index (χ1) is 12.6. The Kier molecular flexibility index (Phi) is 5.07. The number of hydrogen-bond donors (Lipinski definition) is 1. The Balaban J connectivity index is 1.70. The van der Waals surface area contributed by atoms with Crippen LogP contribution >= 0.6 is 0 Å². The number of aryl methyl sites for hydroxylation is 2. The molecule has 0 spiro atoms. The van der Waals surface area contributed by atoms with Crippen molar-refractivity contribution in [3.63, 3.8) is 0 Å². The Labute approximate surface area is 148 Å². The fourth-order valence-corrected chi connectivity index (χ4v) is 2.54. The maximum Gasteiger partial charge on any atom is 0.280 e. The molecule has 0 amide bonds. The van der Waals surface area contributed by atoms with Gasteiger partial charge in [-0.2, -0.15) is 0 Å². The summed E-state index contributed by atoms with van der Waals surface area (Å²) in [5.74, 6) is 0. The zero-order chi connectivity index (χ0) is 18.5. The monoisotopic (exact) mass is 354 g/mol. The van der Waals surface area contributed by atoms with Crippen LogP contribution in [-0.4, -0.2) is 37.0 Å². The molecule has 1 aromatic carbocycles. The summed E-state index contributed by atoms with van der Waals surface area (Å²) in [5, 5.41) is 13.7. The molecule has 3 aromatic rings. The lowest BCUT2D eigenvalue weighted by atomic mass is 10.2. The minimum absolute atomic E-state index is 0.0234. The molecule has 9 nitrogen and oxygen atoms in total. The van der Waals surface area contributed by atoms with Crippen molar-refractivity contribution in [3.8, 4) is 5.69 Å². The number of aromatic nitrogens is 4. The number of nitro groups is 1. The molecule has 0 saturated carbocycles. The van der Waals surface area contributed by atoms with Crippen molar-refractivity contribution in [2.75, 3.05) is 6.54 Å². The minimum Gasteiger partial charge on any atom is -0.337 e. The van der Waals surface area contributed by atoms with Crippen LogP contribution in [0.4, 0.5) is 5.69 Å². The number of rotatable bonds is 7. The van der Waals surface area contributed by atoms with E-state index < -0.39 is 4.92 Å². The molecule has 26 heavy (non-hydrogen) atoms. The first-order valence-corrected chi connectivity index (χ1v) is 8.08. The lowest BCUT2D eigenvalue weighted by Crippen LogP contribution is -2.17. The third-order valence-electron chi connectivity index (χ3n) is 3.92. The summed E-state index contributed by atoms with van der Waals surface area (Å²) in [6.07, 6.45) is 7.79. The number of nitro benzene ring substituents is 1. The first kappa shape index (κ1) is 17.3. The van der Waals surface area contributed by atoms with E-state index in [9.17, 15) is 14.9 Å². The summed E-state index contributed by atoms with van der Waals surface area (Å²) in [6, 6.07) is 5.78. The van der Waals surface area contributed by atoms with Crippen LogP contribution in [0.3, 0.4) is 0 Å². The van der Waals surface area contributed by atoms with Crippen molar-refractivity contribution in [2.45, 2.75) is 19.9 Å². The van der Waals surface area contributed by atoms with Gasteiger partial charge < -0.3 is 4.57 Å². The predicted octanol–water partition coefficient (Wildman–Crippen LogP) is 2.09. The summed E-state index contributed by atoms with van der Waals surface area (Å²) in [4.78, 5) is 31.1. The van der Waals surface area contributed by atoms with Crippen LogP contribution in [0.2, 0.25) is 0 Å². The van der Waals surface area contributed by atoms with Gasteiger partial charge in [-0.1, -0.05) is 0 Å². The average molecular weight is 354 g/mol. The van der Waals surface area contributed by atoms with E-state index in [4.69, 9.17) is 0 Å². The van der Waals surface area contributed by atoms with Gasteiger partial charge in [-0.05, 0) is 25.5 Å².